The average molecular weight is 248 g/mol. The largest absolute Gasteiger partial charge is 0.351 e. The van der Waals surface area contributed by atoms with Crippen molar-refractivity contribution in [1.82, 2.24) is 15.3 Å². The molecular weight excluding hydrogens is 228 g/mol. The Labute approximate surface area is 107 Å². The van der Waals surface area contributed by atoms with Crippen LogP contribution in [0.1, 0.15) is 42.9 Å². The lowest BCUT2D eigenvalue weighted by Crippen LogP contribution is -2.28. The fourth-order valence-corrected chi connectivity index (χ4v) is 1.55. The minimum Gasteiger partial charge on any atom is -0.351 e. The number of rotatable bonds is 5. The van der Waals surface area contributed by atoms with Gasteiger partial charge in [0.1, 0.15) is 5.69 Å². The molecule has 0 saturated heterocycles. The molecular formula is C13H20N4O. The molecule has 98 valence electrons. The van der Waals surface area contributed by atoms with E-state index in [1.807, 2.05) is 6.92 Å². The van der Waals surface area contributed by atoms with Crippen LogP contribution in [-0.2, 0) is 0 Å². The number of anilines is 1. The first-order valence-electron chi connectivity index (χ1n) is 6.45. The molecule has 0 spiro atoms. The lowest BCUT2D eigenvalue weighted by atomic mass is 10.2. The summed E-state index contributed by atoms with van der Waals surface area (Å²) in [5.41, 5.74) is 1.24. The van der Waals surface area contributed by atoms with Crippen molar-refractivity contribution in [2.45, 2.75) is 39.7 Å². The Morgan fingerprint density at radius 2 is 2.17 bits per heavy atom. The first kappa shape index (κ1) is 12.8. The van der Waals surface area contributed by atoms with Crippen LogP contribution in [0.15, 0.2) is 6.07 Å². The summed E-state index contributed by atoms with van der Waals surface area (Å²) < 4.78 is 0. The smallest absolute Gasteiger partial charge is 0.270 e. The topological polar surface area (TPSA) is 66.9 Å². The third-order valence-electron chi connectivity index (χ3n) is 2.67. The Hall–Kier alpha value is -1.65. The maximum Gasteiger partial charge on any atom is 0.270 e. The summed E-state index contributed by atoms with van der Waals surface area (Å²) in [7, 11) is 0. The molecule has 1 aromatic rings. The Balaban J connectivity index is 2.05. The Morgan fingerprint density at radius 3 is 2.78 bits per heavy atom. The van der Waals surface area contributed by atoms with Gasteiger partial charge in [0.15, 0.2) is 0 Å². The zero-order valence-corrected chi connectivity index (χ0v) is 11.2. The van der Waals surface area contributed by atoms with Crippen LogP contribution in [0.2, 0.25) is 0 Å². The monoisotopic (exact) mass is 248 g/mol. The van der Waals surface area contributed by atoms with Crippen molar-refractivity contribution in [1.29, 1.82) is 0 Å². The zero-order chi connectivity index (χ0) is 13.1. The molecule has 18 heavy (non-hydrogen) atoms. The van der Waals surface area contributed by atoms with Gasteiger partial charge < -0.3 is 10.6 Å². The zero-order valence-electron chi connectivity index (χ0n) is 11.2. The van der Waals surface area contributed by atoms with Crippen molar-refractivity contribution in [2.24, 2.45) is 5.92 Å². The minimum atomic E-state index is -0.131. The third-order valence-corrected chi connectivity index (χ3v) is 2.67. The number of hydrogen-bond donors (Lipinski definition) is 2. The number of nitrogens with one attached hydrogen (secondary N) is 2. The van der Waals surface area contributed by atoms with Crippen LogP contribution >= 0.6 is 0 Å². The van der Waals surface area contributed by atoms with Crippen molar-refractivity contribution < 1.29 is 4.79 Å². The summed E-state index contributed by atoms with van der Waals surface area (Å²) in [6.45, 7) is 6.66. The van der Waals surface area contributed by atoms with Gasteiger partial charge in [-0.25, -0.2) is 9.97 Å². The molecule has 5 heteroatoms. The van der Waals surface area contributed by atoms with Crippen LogP contribution in [-0.4, -0.2) is 28.5 Å². The number of aryl methyl sites for hydroxylation is 1. The first-order valence-corrected chi connectivity index (χ1v) is 6.45. The number of carbonyl (C=O) groups excluding carboxylic acids is 1. The lowest BCUT2D eigenvalue weighted by Gasteiger charge is -2.09. The maximum absolute atomic E-state index is 11.9. The molecule has 0 aromatic carbocycles. The predicted molar refractivity (Wildman–Crippen MR) is 70.6 cm³/mol. The highest BCUT2D eigenvalue weighted by Crippen LogP contribution is 2.23. The summed E-state index contributed by atoms with van der Waals surface area (Å²) in [6.07, 6.45) is 2.32. The second kappa shape index (κ2) is 5.33. The Kier molecular flexibility index (Phi) is 3.79. The maximum atomic E-state index is 11.9. The molecule has 1 aliphatic rings. The second-order valence-corrected chi connectivity index (χ2v) is 5.24. The Morgan fingerprint density at radius 1 is 1.44 bits per heavy atom. The van der Waals surface area contributed by atoms with Gasteiger partial charge in [-0.05, 0) is 31.7 Å². The summed E-state index contributed by atoms with van der Waals surface area (Å²) in [5, 5.41) is 6.08. The SMILES string of the molecule is Cc1cc(C(=O)NCC(C)C)nc(NC2CC2)n1. The summed E-state index contributed by atoms with van der Waals surface area (Å²) >= 11 is 0. The normalized spacial score (nSPS) is 14.7. The summed E-state index contributed by atoms with van der Waals surface area (Å²) in [4.78, 5) is 20.5. The lowest BCUT2D eigenvalue weighted by molar-refractivity contribution is 0.0944. The number of aromatic nitrogens is 2. The van der Waals surface area contributed by atoms with Crippen LogP contribution in [0.25, 0.3) is 0 Å². The molecule has 2 N–H and O–H groups in total. The molecule has 0 atom stereocenters. The van der Waals surface area contributed by atoms with Crippen molar-refractivity contribution in [2.75, 3.05) is 11.9 Å². The van der Waals surface area contributed by atoms with Crippen molar-refractivity contribution in [3.63, 3.8) is 0 Å². The van der Waals surface area contributed by atoms with Crippen LogP contribution in [0.3, 0.4) is 0 Å². The fourth-order valence-electron chi connectivity index (χ4n) is 1.55. The molecule has 0 radical (unpaired) electrons. The quantitative estimate of drug-likeness (QED) is 0.833. The van der Waals surface area contributed by atoms with Crippen LogP contribution < -0.4 is 10.6 Å². The van der Waals surface area contributed by atoms with Gasteiger partial charge in [0.05, 0.1) is 0 Å². The van der Waals surface area contributed by atoms with E-state index < -0.39 is 0 Å². The molecule has 5 nitrogen and oxygen atoms in total. The van der Waals surface area contributed by atoms with Crippen molar-refractivity contribution in [3.8, 4) is 0 Å². The van der Waals surface area contributed by atoms with Crippen LogP contribution in [0, 0.1) is 12.8 Å². The molecule has 1 aliphatic carbocycles. The van der Waals surface area contributed by atoms with Gasteiger partial charge in [0, 0.05) is 18.3 Å². The average Bonchev–Trinajstić information content (AvgIpc) is 3.08. The van der Waals surface area contributed by atoms with E-state index in [1.165, 1.54) is 0 Å². The van der Waals surface area contributed by atoms with E-state index in [-0.39, 0.29) is 5.91 Å². The van der Waals surface area contributed by atoms with E-state index in [0.717, 1.165) is 18.5 Å². The van der Waals surface area contributed by atoms with Gasteiger partial charge in [0.25, 0.3) is 5.91 Å². The van der Waals surface area contributed by atoms with E-state index in [1.54, 1.807) is 6.07 Å². The van der Waals surface area contributed by atoms with Crippen molar-refractivity contribution >= 4 is 11.9 Å². The standard InChI is InChI=1S/C13H20N4O/c1-8(2)7-14-12(18)11-6-9(3)15-13(17-11)16-10-4-5-10/h6,8,10H,4-5,7H2,1-3H3,(H,14,18)(H,15,16,17). The second-order valence-electron chi connectivity index (χ2n) is 5.24. The summed E-state index contributed by atoms with van der Waals surface area (Å²) in [6, 6.07) is 2.20. The predicted octanol–water partition coefficient (Wildman–Crippen LogP) is 1.75. The minimum absolute atomic E-state index is 0.131. The van der Waals surface area contributed by atoms with Gasteiger partial charge in [-0.3, -0.25) is 4.79 Å². The molecule has 1 heterocycles. The molecule has 0 bridgehead atoms. The van der Waals surface area contributed by atoms with Gasteiger partial charge >= 0.3 is 0 Å². The first-order chi connectivity index (χ1) is 8.54. The number of carbonyl (C=O) groups is 1. The van der Waals surface area contributed by atoms with Crippen LogP contribution in [0.4, 0.5) is 5.95 Å². The third kappa shape index (κ3) is 3.68. The molecule has 1 aromatic heterocycles. The highest BCUT2D eigenvalue weighted by molar-refractivity contribution is 5.92. The van der Waals surface area contributed by atoms with E-state index in [0.29, 0.717) is 30.1 Å². The van der Waals surface area contributed by atoms with E-state index >= 15 is 0 Å². The van der Waals surface area contributed by atoms with Gasteiger partial charge in [0.2, 0.25) is 5.95 Å². The molecule has 2 rings (SSSR count). The van der Waals surface area contributed by atoms with Gasteiger partial charge in [-0.2, -0.15) is 0 Å². The molecule has 0 aliphatic heterocycles. The number of hydrogen-bond acceptors (Lipinski definition) is 4. The van der Waals surface area contributed by atoms with E-state index in [4.69, 9.17) is 0 Å². The van der Waals surface area contributed by atoms with E-state index in [2.05, 4.69) is 34.4 Å². The number of amides is 1. The molecule has 0 unspecified atom stereocenters. The van der Waals surface area contributed by atoms with E-state index in [9.17, 15) is 4.79 Å². The molecule has 1 fully saturated rings. The fraction of sp³-hybridized carbons (Fsp3) is 0.615. The van der Waals surface area contributed by atoms with Crippen LogP contribution in [0.5, 0.6) is 0 Å². The summed E-state index contributed by atoms with van der Waals surface area (Å²) in [5.74, 6) is 0.862. The highest BCUT2D eigenvalue weighted by Gasteiger charge is 2.22. The van der Waals surface area contributed by atoms with Gasteiger partial charge in [-0.15, -0.1) is 0 Å². The van der Waals surface area contributed by atoms with Crippen molar-refractivity contribution in [3.05, 3.63) is 17.5 Å². The molecule has 1 saturated carbocycles. The Bertz CT molecular complexity index is 441. The molecule has 1 amide bonds. The number of nitrogens with zero attached hydrogens (tertiary/aromatic N) is 2. The van der Waals surface area contributed by atoms with Gasteiger partial charge in [-0.1, -0.05) is 13.8 Å². The highest BCUT2D eigenvalue weighted by atomic mass is 16.1.